The smallest absolute Gasteiger partial charge is 0.129 e. The minimum atomic E-state index is 0.591. The Morgan fingerprint density at radius 3 is 2.92 bits per heavy atom. The summed E-state index contributed by atoms with van der Waals surface area (Å²) >= 11 is 4.79. The van der Waals surface area contributed by atoms with Gasteiger partial charge < -0.3 is 5.73 Å². The molecule has 1 heterocycles. The molecule has 1 aromatic heterocycles. The van der Waals surface area contributed by atoms with Gasteiger partial charge in [-0.3, -0.25) is 0 Å². The summed E-state index contributed by atoms with van der Waals surface area (Å²) in [5, 5.41) is 9.72. The molecule has 1 aromatic carbocycles. The van der Waals surface area contributed by atoms with Gasteiger partial charge in [-0.1, -0.05) is 22.0 Å². The number of hydrogen-bond acceptors (Lipinski definition) is 3. The van der Waals surface area contributed by atoms with Gasteiger partial charge in [-0.2, -0.15) is 5.26 Å². The van der Waals surface area contributed by atoms with E-state index in [1.165, 1.54) is 11.3 Å². The number of nitrogens with zero attached hydrogens (tertiary/aromatic N) is 1. The fraction of sp³-hybridized carbons (Fsp3) is 0. The maximum Gasteiger partial charge on any atom is 0.129 e. The number of thiophene rings is 1. The van der Waals surface area contributed by atoms with E-state index in [2.05, 4.69) is 22.0 Å². The molecule has 0 fully saturated rings. The number of halogens is 1. The van der Waals surface area contributed by atoms with E-state index in [-0.39, 0.29) is 0 Å². The van der Waals surface area contributed by atoms with Crippen LogP contribution in [0.25, 0.3) is 10.1 Å². The number of rotatable bonds is 0. The molecule has 64 valence electrons. The van der Waals surface area contributed by atoms with Crippen molar-refractivity contribution in [3.8, 4) is 6.07 Å². The molecule has 0 bridgehead atoms. The third-order valence-electron chi connectivity index (χ3n) is 1.79. The second-order valence-corrected chi connectivity index (χ2v) is 4.57. The number of anilines is 1. The molecule has 2 rings (SSSR count). The first-order valence-electron chi connectivity index (χ1n) is 3.60. The van der Waals surface area contributed by atoms with E-state index in [1.807, 2.05) is 18.2 Å². The molecule has 2 N–H and O–H groups in total. The number of benzene rings is 1. The standard InChI is InChI=1S/C9H5BrN2S/c10-5-1-2-6-7(3-5)13-8(4-11)9(6)12/h1-3H,12H2. The minimum absolute atomic E-state index is 0.591. The van der Waals surface area contributed by atoms with Gasteiger partial charge in [-0.05, 0) is 12.1 Å². The highest BCUT2D eigenvalue weighted by atomic mass is 79.9. The number of nitrogen functional groups attached to an aromatic ring is 1. The number of hydrogen-bond donors (Lipinski definition) is 1. The Morgan fingerprint density at radius 2 is 2.23 bits per heavy atom. The molecule has 0 aliphatic heterocycles. The van der Waals surface area contributed by atoms with Crippen LogP contribution in [0.3, 0.4) is 0 Å². The second kappa shape index (κ2) is 3.02. The van der Waals surface area contributed by atoms with Gasteiger partial charge in [0.2, 0.25) is 0 Å². The predicted molar refractivity (Wildman–Crippen MR) is 58.7 cm³/mol. The lowest BCUT2D eigenvalue weighted by Gasteiger charge is -1.91. The van der Waals surface area contributed by atoms with Crippen LogP contribution in [0, 0.1) is 11.3 Å². The third kappa shape index (κ3) is 1.30. The van der Waals surface area contributed by atoms with Gasteiger partial charge in [-0.15, -0.1) is 11.3 Å². The lowest BCUT2D eigenvalue weighted by atomic mass is 10.2. The van der Waals surface area contributed by atoms with Crippen molar-refractivity contribution in [3.05, 3.63) is 27.5 Å². The maximum absolute atomic E-state index is 8.76. The van der Waals surface area contributed by atoms with E-state index in [1.54, 1.807) is 0 Å². The molecule has 13 heavy (non-hydrogen) atoms. The van der Waals surface area contributed by atoms with Crippen molar-refractivity contribution in [2.45, 2.75) is 0 Å². The van der Waals surface area contributed by atoms with E-state index in [4.69, 9.17) is 11.0 Å². The summed E-state index contributed by atoms with van der Waals surface area (Å²) in [5.41, 5.74) is 6.36. The Kier molecular flexibility index (Phi) is 1.98. The summed E-state index contributed by atoms with van der Waals surface area (Å²) < 4.78 is 2.05. The normalized spacial score (nSPS) is 10.2. The van der Waals surface area contributed by atoms with E-state index >= 15 is 0 Å². The monoisotopic (exact) mass is 252 g/mol. The van der Waals surface area contributed by atoms with Crippen LogP contribution >= 0.6 is 27.3 Å². The third-order valence-corrected chi connectivity index (χ3v) is 3.36. The Bertz CT molecular complexity index is 510. The quantitative estimate of drug-likeness (QED) is 0.784. The van der Waals surface area contributed by atoms with E-state index in [0.717, 1.165) is 14.6 Å². The average Bonchev–Trinajstić information content (AvgIpc) is 2.42. The Balaban J connectivity index is 2.86. The molecular weight excluding hydrogens is 248 g/mol. The highest BCUT2D eigenvalue weighted by Gasteiger charge is 2.07. The molecule has 0 spiro atoms. The van der Waals surface area contributed by atoms with Gasteiger partial charge in [-0.25, -0.2) is 0 Å². The molecule has 0 atom stereocenters. The molecule has 0 saturated heterocycles. The first-order chi connectivity index (χ1) is 6.22. The highest BCUT2D eigenvalue weighted by molar-refractivity contribution is 9.10. The number of fused-ring (bicyclic) bond motifs is 1. The van der Waals surface area contributed by atoms with Crippen molar-refractivity contribution >= 4 is 43.0 Å². The molecule has 0 aliphatic carbocycles. The first kappa shape index (κ1) is 8.54. The van der Waals surface area contributed by atoms with Crippen LogP contribution in [0.5, 0.6) is 0 Å². The van der Waals surface area contributed by atoms with Crippen molar-refractivity contribution in [1.29, 1.82) is 5.26 Å². The van der Waals surface area contributed by atoms with Gasteiger partial charge in [0.15, 0.2) is 0 Å². The van der Waals surface area contributed by atoms with Gasteiger partial charge in [0.05, 0.1) is 5.69 Å². The van der Waals surface area contributed by atoms with Gasteiger partial charge in [0.25, 0.3) is 0 Å². The average molecular weight is 253 g/mol. The summed E-state index contributed by atoms with van der Waals surface area (Å²) in [6.45, 7) is 0. The van der Waals surface area contributed by atoms with Crippen LogP contribution in [0.15, 0.2) is 22.7 Å². The SMILES string of the molecule is N#Cc1sc2cc(Br)ccc2c1N. The molecule has 0 radical (unpaired) electrons. The molecule has 2 aromatic rings. The molecule has 0 amide bonds. The van der Waals surface area contributed by atoms with Crippen LogP contribution in [0.1, 0.15) is 4.88 Å². The van der Waals surface area contributed by atoms with Gasteiger partial charge in [0, 0.05) is 14.6 Å². The molecular formula is C9H5BrN2S. The molecule has 4 heteroatoms. The molecule has 0 unspecified atom stereocenters. The molecule has 2 nitrogen and oxygen atoms in total. The zero-order valence-corrected chi connectivity index (χ0v) is 8.95. The van der Waals surface area contributed by atoms with E-state index < -0.39 is 0 Å². The Morgan fingerprint density at radius 1 is 1.46 bits per heavy atom. The fourth-order valence-electron chi connectivity index (χ4n) is 1.17. The first-order valence-corrected chi connectivity index (χ1v) is 5.21. The summed E-state index contributed by atoms with van der Waals surface area (Å²) in [6.07, 6.45) is 0. The highest BCUT2D eigenvalue weighted by Crippen LogP contribution is 2.34. The number of nitrogens with two attached hydrogens (primary N) is 1. The largest absolute Gasteiger partial charge is 0.396 e. The zero-order chi connectivity index (χ0) is 9.42. The van der Waals surface area contributed by atoms with Crippen LogP contribution in [0.2, 0.25) is 0 Å². The lowest BCUT2D eigenvalue weighted by Crippen LogP contribution is -1.83. The maximum atomic E-state index is 8.76. The van der Waals surface area contributed by atoms with Gasteiger partial charge in [0.1, 0.15) is 10.9 Å². The Labute approximate surface area is 87.7 Å². The van der Waals surface area contributed by atoms with Crippen LogP contribution in [0.4, 0.5) is 5.69 Å². The van der Waals surface area contributed by atoms with Crippen molar-refractivity contribution in [2.24, 2.45) is 0 Å². The number of nitriles is 1. The predicted octanol–water partition coefficient (Wildman–Crippen LogP) is 3.12. The van der Waals surface area contributed by atoms with Crippen molar-refractivity contribution in [3.63, 3.8) is 0 Å². The summed E-state index contributed by atoms with van der Waals surface area (Å²) in [7, 11) is 0. The topological polar surface area (TPSA) is 49.8 Å². The fourth-order valence-corrected chi connectivity index (χ4v) is 2.65. The van der Waals surface area contributed by atoms with Crippen LogP contribution in [-0.4, -0.2) is 0 Å². The summed E-state index contributed by atoms with van der Waals surface area (Å²) in [4.78, 5) is 0.591. The van der Waals surface area contributed by atoms with Crippen molar-refractivity contribution in [2.75, 3.05) is 5.73 Å². The second-order valence-electron chi connectivity index (χ2n) is 2.60. The Hall–Kier alpha value is -1.05. The molecule has 0 saturated carbocycles. The van der Waals surface area contributed by atoms with E-state index in [0.29, 0.717) is 10.6 Å². The van der Waals surface area contributed by atoms with Crippen molar-refractivity contribution in [1.82, 2.24) is 0 Å². The van der Waals surface area contributed by atoms with Gasteiger partial charge >= 0.3 is 0 Å². The lowest BCUT2D eigenvalue weighted by molar-refractivity contribution is 1.52. The summed E-state index contributed by atoms with van der Waals surface area (Å²) in [5.74, 6) is 0. The van der Waals surface area contributed by atoms with Crippen LogP contribution in [-0.2, 0) is 0 Å². The molecule has 0 aliphatic rings. The van der Waals surface area contributed by atoms with Crippen molar-refractivity contribution < 1.29 is 0 Å². The van der Waals surface area contributed by atoms with Crippen LogP contribution < -0.4 is 5.73 Å². The van der Waals surface area contributed by atoms with E-state index in [9.17, 15) is 0 Å². The minimum Gasteiger partial charge on any atom is -0.396 e. The summed E-state index contributed by atoms with van der Waals surface area (Å²) in [6, 6.07) is 7.90. The zero-order valence-electron chi connectivity index (χ0n) is 6.54.